The van der Waals surface area contributed by atoms with Gasteiger partial charge in [-0.15, -0.1) is 0 Å². The molecule has 0 saturated heterocycles. The second kappa shape index (κ2) is 7.10. The monoisotopic (exact) mass is 273 g/mol. The Morgan fingerprint density at radius 1 is 1.35 bits per heavy atom. The van der Waals surface area contributed by atoms with E-state index in [0.717, 1.165) is 31.0 Å². The molecule has 0 bridgehead atoms. The first-order chi connectivity index (χ1) is 9.76. The van der Waals surface area contributed by atoms with Crippen molar-refractivity contribution in [2.24, 2.45) is 7.05 Å². The van der Waals surface area contributed by atoms with Gasteiger partial charge in [-0.05, 0) is 19.0 Å². The quantitative estimate of drug-likeness (QED) is 0.843. The normalized spacial score (nSPS) is 12.3. The standard InChI is InChI=1S/C16H23N3O/c1-4-17-14(9-10-16-18-11-12-19(16)2)13-7-5-6-8-15(13)20-3/h5-8,11-12,14,17H,4,9-10H2,1-3H3. The van der Waals surface area contributed by atoms with E-state index < -0.39 is 0 Å². The molecule has 1 aromatic heterocycles. The fourth-order valence-corrected chi connectivity index (χ4v) is 2.48. The van der Waals surface area contributed by atoms with Crippen LogP contribution in [0.2, 0.25) is 0 Å². The minimum absolute atomic E-state index is 0.285. The Hall–Kier alpha value is -1.81. The molecule has 2 aromatic rings. The van der Waals surface area contributed by atoms with Crippen LogP contribution < -0.4 is 10.1 Å². The molecule has 1 aromatic carbocycles. The number of nitrogens with one attached hydrogen (secondary N) is 1. The van der Waals surface area contributed by atoms with Crippen LogP contribution in [-0.4, -0.2) is 23.2 Å². The maximum Gasteiger partial charge on any atom is 0.123 e. The molecule has 0 amide bonds. The van der Waals surface area contributed by atoms with Crippen LogP contribution in [0.15, 0.2) is 36.7 Å². The molecule has 0 aliphatic carbocycles. The number of benzene rings is 1. The van der Waals surface area contributed by atoms with Crippen LogP contribution in [0.3, 0.4) is 0 Å². The number of methoxy groups -OCH3 is 1. The summed E-state index contributed by atoms with van der Waals surface area (Å²) in [5, 5.41) is 3.54. The van der Waals surface area contributed by atoms with Crippen molar-refractivity contribution in [3.63, 3.8) is 0 Å². The van der Waals surface area contributed by atoms with Gasteiger partial charge in [-0.25, -0.2) is 4.98 Å². The highest BCUT2D eigenvalue weighted by Crippen LogP contribution is 2.27. The zero-order chi connectivity index (χ0) is 14.4. The third-order valence-electron chi connectivity index (χ3n) is 3.54. The molecule has 108 valence electrons. The molecule has 20 heavy (non-hydrogen) atoms. The molecular formula is C16H23N3O. The topological polar surface area (TPSA) is 39.1 Å². The lowest BCUT2D eigenvalue weighted by atomic mass is 10.0. The minimum atomic E-state index is 0.285. The molecule has 2 rings (SSSR count). The number of para-hydroxylation sites is 1. The summed E-state index contributed by atoms with van der Waals surface area (Å²) in [5.74, 6) is 2.06. The summed E-state index contributed by atoms with van der Waals surface area (Å²) in [7, 11) is 3.76. The number of rotatable bonds is 7. The molecule has 0 radical (unpaired) electrons. The second-order valence-electron chi connectivity index (χ2n) is 4.85. The van der Waals surface area contributed by atoms with Crippen LogP contribution in [0, 0.1) is 0 Å². The van der Waals surface area contributed by atoms with Gasteiger partial charge in [0.15, 0.2) is 0 Å². The van der Waals surface area contributed by atoms with Gasteiger partial charge >= 0.3 is 0 Å². The van der Waals surface area contributed by atoms with Gasteiger partial charge in [0.2, 0.25) is 0 Å². The van der Waals surface area contributed by atoms with E-state index in [4.69, 9.17) is 4.74 Å². The Morgan fingerprint density at radius 3 is 2.80 bits per heavy atom. The van der Waals surface area contributed by atoms with E-state index in [0.29, 0.717) is 0 Å². The highest BCUT2D eigenvalue weighted by molar-refractivity contribution is 5.35. The Labute approximate surface area is 120 Å². The zero-order valence-corrected chi connectivity index (χ0v) is 12.5. The fraction of sp³-hybridized carbons (Fsp3) is 0.438. The second-order valence-corrected chi connectivity index (χ2v) is 4.85. The maximum absolute atomic E-state index is 5.47. The Morgan fingerprint density at radius 2 is 2.15 bits per heavy atom. The van der Waals surface area contributed by atoms with Crippen molar-refractivity contribution in [1.82, 2.24) is 14.9 Å². The van der Waals surface area contributed by atoms with Gasteiger partial charge in [-0.3, -0.25) is 0 Å². The van der Waals surface area contributed by atoms with Gasteiger partial charge in [0.05, 0.1) is 7.11 Å². The number of aryl methyl sites for hydroxylation is 2. The van der Waals surface area contributed by atoms with E-state index >= 15 is 0 Å². The van der Waals surface area contributed by atoms with E-state index in [1.54, 1.807) is 7.11 Å². The number of nitrogens with zero attached hydrogens (tertiary/aromatic N) is 2. The largest absolute Gasteiger partial charge is 0.496 e. The predicted octanol–water partition coefficient (Wildman–Crippen LogP) is 2.71. The van der Waals surface area contributed by atoms with E-state index in [-0.39, 0.29) is 6.04 Å². The van der Waals surface area contributed by atoms with E-state index in [1.165, 1.54) is 5.56 Å². The van der Waals surface area contributed by atoms with Gasteiger partial charge in [0.1, 0.15) is 11.6 Å². The number of hydrogen-bond donors (Lipinski definition) is 1. The van der Waals surface area contributed by atoms with Crippen molar-refractivity contribution >= 4 is 0 Å². The van der Waals surface area contributed by atoms with Crippen LogP contribution >= 0.6 is 0 Å². The predicted molar refractivity (Wildman–Crippen MR) is 80.9 cm³/mol. The van der Waals surface area contributed by atoms with Gasteiger partial charge in [0, 0.05) is 37.5 Å². The number of imidazole rings is 1. The first-order valence-corrected chi connectivity index (χ1v) is 7.08. The summed E-state index contributed by atoms with van der Waals surface area (Å²) in [6.45, 7) is 3.06. The molecule has 4 heteroatoms. The minimum Gasteiger partial charge on any atom is -0.496 e. The van der Waals surface area contributed by atoms with Crippen molar-refractivity contribution in [2.45, 2.75) is 25.8 Å². The van der Waals surface area contributed by atoms with Crippen molar-refractivity contribution in [3.8, 4) is 5.75 Å². The highest BCUT2D eigenvalue weighted by Gasteiger charge is 2.15. The number of hydrogen-bond acceptors (Lipinski definition) is 3. The average molecular weight is 273 g/mol. The Balaban J connectivity index is 2.12. The molecule has 0 aliphatic heterocycles. The molecule has 1 N–H and O–H groups in total. The Bertz CT molecular complexity index is 536. The highest BCUT2D eigenvalue weighted by atomic mass is 16.5. The molecule has 4 nitrogen and oxygen atoms in total. The van der Waals surface area contributed by atoms with Crippen LogP contribution in [0.25, 0.3) is 0 Å². The van der Waals surface area contributed by atoms with E-state index in [9.17, 15) is 0 Å². The van der Waals surface area contributed by atoms with Crippen LogP contribution in [0.5, 0.6) is 5.75 Å². The van der Waals surface area contributed by atoms with Crippen LogP contribution in [0.1, 0.15) is 30.8 Å². The smallest absolute Gasteiger partial charge is 0.123 e. The molecule has 0 fully saturated rings. The van der Waals surface area contributed by atoms with Crippen molar-refractivity contribution in [1.29, 1.82) is 0 Å². The third-order valence-corrected chi connectivity index (χ3v) is 3.54. The first-order valence-electron chi connectivity index (χ1n) is 7.08. The molecule has 0 spiro atoms. The van der Waals surface area contributed by atoms with Gasteiger partial charge in [0.25, 0.3) is 0 Å². The van der Waals surface area contributed by atoms with Crippen LogP contribution in [0.4, 0.5) is 0 Å². The first kappa shape index (κ1) is 14.6. The molecular weight excluding hydrogens is 250 g/mol. The number of ether oxygens (including phenoxy) is 1. The van der Waals surface area contributed by atoms with Crippen molar-refractivity contribution in [2.75, 3.05) is 13.7 Å². The maximum atomic E-state index is 5.47. The summed E-state index contributed by atoms with van der Waals surface area (Å²) < 4.78 is 7.55. The lowest BCUT2D eigenvalue weighted by Gasteiger charge is -2.20. The lowest BCUT2D eigenvalue weighted by Crippen LogP contribution is -2.22. The summed E-state index contributed by atoms with van der Waals surface area (Å²) in [5.41, 5.74) is 1.21. The number of aromatic nitrogens is 2. The molecule has 0 aliphatic rings. The molecule has 1 atom stereocenters. The van der Waals surface area contributed by atoms with Gasteiger partial charge < -0.3 is 14.6 Å². The summed E-state index contributed by atoms with van der Waals surface area (Å²) in [6.07, 6.45) is 5.78. The molecule has 1 unspecified atom stereocenters. The summed E-state index contributed by atoms with van der Waals surface area (Å²) >= 11 is 0. The van der Waals surface area contributed by atoms with Gasteiger partial charge in [-0.2, -0.15) is 0 Å². The average Bonchev–Trinajstić information content (AvgIpc) is 2.89. The SMILES string of the molecule is CCNC(CCc1nccn1C)c1ccccc1OC. The summed E-state index contributed by atoms with van der Waals surface area (Å²) in [6, 6.07) is 8.49. The summed E-state index contributed by atoms with van der Waals surface area (Å²) in [4.78, 5) is 4.39. The third kappa shape index (κ3) is 3.39. The lowest BCUT2D eigenvalue weighted by molar-refractivity contribution is 0.395. The van der Waals surface area contributed by atoms with Gasteiger partial charge in [-0.1, -0.05) is 25.1 Å². The fourth-order valence-electron chi connectivity index (χ4n) is 2.48. The molecule has 0 saturated carbocycles. The van der Waals surface area contributed by atoms with E-state index in [1.807, 2.05) is 31.6 Å². The van der Waals surface area contributed by atoms with Crippen molar-refractivity contribution < 1.29 is 4.74 Å². The molecule has 1 heterocycles. The van der Waals surface area contributed by atoms with Crippen molar-refractivity contribution in [3.05, 3.63) is 48.0 Å². The van der Waals surface area contributed by atoms with Crippen LogP contribution in [-0.2, 0) is 13.5 Å². The zero-order valence-electron chi connectivity index (χ0n) is 12.5. The Kier molecular flexibility index (Phi) is 5.18. The van der Waals surface area contributed by atoms with E-state index in [2.05, 4.69) is 33.9 Å².